The lowest BCUT2D eigenvalue weighted by atomic mass is 9.97. The molecule has 1 saturated heterocycles. The Morgan fingerprint density at radius 2 is 1.71 bits per heavy atom. The average molecular weight is 397 g/mol. The van der Waals surface area contributed by atoms with Crippen LogP contribution in [0.4, 0.5) is 5.69 Å². The van der Waals surface area contributed by atoms with E-state index in [1.54, 1.807) is 24.3 Å². The number of hydrogen-bond donors (Lipinski definition) is 1. The molecule has 2 heterocycles. The Hall–Kier alpha value is -2.63. The molecule has 0 saturated carbocycles. The SMILES string of the molecule is O=C1C(c2ccccc2)=C(N2CCCC(CO)C2)C(=O)N1c1ccc(Cl)cc1. The summed E-state index contributed by atoms with van der Waals surface area (Å²) in [4.78, 5) is 29.9. The molecule has 1 unspecified atom stereocenters. The van der Waals surface area contributed by atoms with Gasteiger partial charge in [0.1, 0.15) is 5.70 Å². The summed E-state index contributed by atoms with van der Waals surface area (Å²) in [6.07, 6.45) is 1.79. The highest BCUT2D eigenvalue weighted by Gasteiger charge is 2.43. The molecule has 0 aliphatic carbocycles. The smallest absolute Gasteiger partial charge is 0.282 e. The van der Waals surface area contributed by atoms with Crippen LogP contribution in [0.25, 0.3) is 5.57 Å². The van der Waals surface area contributed by atoms with Crippen molar-refractivity contribution in [2.75, 3.05) is 24.6 Å². The van der Waals surface area contributed by atoms with Gasteiger partial charge in [-0.15, -0.1) is 0 Å². The van der Waals surface area contributed by atoms with Gasteiger partial charge in [0.05, 0.1) is 11.3 Å². The first kappa shape index (κ1) is 18.7. The van der Waals surface area contributed by atoms with Gasteiger partial charge in [0.25, 0.3) is 11.8 Å². The first-order chi connectivity index (χ1) is 13.6. The Bertz CT molecular complexity index is 925. The topological polar surface area (TPSA) is 60.9 Å². The molecule has 2 amide bonds. The number of piperidine rings is 1. The van der Waals surface area contributed by atoms with E-state index in [9.17, 15) is 14.7 Å². The lowest BCUT2D eigenvalue weighted by Gasteiger charge is -2.34. The number of amides is 2. The van der Waals surface area contributed by atoms with Crippen molar-refractivity contribution in [3.05, 3.63) is 70.9 Å². The normalized spacial score (nSPS) is 20.3. The van der Waals surface area contributed by atoms with Gasteiger partial charge in [0.2, 0.25) is 0 Å². The number of carbonyl (C=O) groups is 2. The van der Waals surface area contributed by atoms with Crippen LogP contribution in [-0.4, -0.2) is 41.5 Å². The number of aliphatic hydroxyl groups excluding tert-OH is 1. The molecule has 0 bridgehead atoms. The molecule has 2 aromatic carbocycles. The van der Waals surface area contributed by atoms with Gasteiger partial charge in [-0.1, -0.05) is 41.9 Å². The van der Waals surface area contributed by atoms with Crippen molar-refractivity contribution in [1.82, 2.24) is 4.90 Å². The third-order valence-corrected chi connectivity index (χ3v) is 5.55. The van der Waals surface area contributed by atoms with Crippen LogP contribution in [0.2, 0.25) is 5.02 Å². The van der Waals surface area contributed by atoms with E-state index in [0.717, 1.165) is 18.4 Å². The fraction of sp³-hybridized carbons (Fsp3) is 0.273. The summed E-state index contributed by atoms with van der Waals surface area (Å²) in [6.45, 7) is 1.33. The number of halogens is 1. The van der Waals surface area contributed by atoms with Gasteiger partial charge < -0.3 is 10.0 Å². The van der Waals surface area contributed by atoms with Crippen LogP contribution in [0.15, 0.2) is 60.3 Å². The van der Waals surface area contributed by atoms with Crippen LogP contribution >= 0.6 is 11.6 Å². The number of aliphatic hydroxyl groups is 1. The van der Waals surface area contributed by atoms with Crippen LogP contribution in [0.1, 0.15) is 18.4 Å². The molecule has 2 aromatic rings. The van der Waals surface area contributed by atoms with E-state index >= 15 is 0 Å². The maximum atomic E-state index is 13.4. The molecule has 5 nitrogen and oxygen atoms in total. The molecule has 0 aromatic heterocycles. The number of likely N-dealkylation sites (tertiary alicyclic amines) is 1. The van der Waals surface area contributed by atoms with E-state index in [4.69, 9.17) is 11.6 Å². The van der Waals surface area contributed by atoms with Crippen molar-refractivity contribution in [2.24, 2.45) is 5.92 Å². The van der Waals surface area contributed by atoms with Crippen LogP contribution in [-0.2, 0) is 9.59 Å². The molecule has 0 spiro atoms. The minimum Gasteiger partial charge on any atom is -0.396 e. The third-order valence-electron chi connectivity index (χ3n) is 5.30. The van der Waals surface area contributed by atoms with Gasteiger partial charge in [-0.05, 0) is 48.6 Å². The Morgan fingerprint density at radius 1 is 1.00 bits per heavy atom. The van der Waals surface area contributed by atoms with E-state index in [-0.39, 0.29) is 24.3 Å². The molecule has 1 N–H and O–H groups in total. The summed E-state index contributed by atoms with van der Waals surface area (Å²) < 4.78 is 0. The van der Waals surface area contributed by atoms with E-state index in [1.807, 2.05) is 35.2 Å². The lowest BCUT2D eigenvalue weighted by molar-refractivity contribution is -0.120. The molecule has 2 aliphatic heterocycles. The first-order valence-corrected chi connectivity index (χ1v) is 9.78. The molecule has 28 heavy (non-hydrogen) atoms. The van der Waals surface area contributed by atoms with Gasteiger partial charge in [-0.2, -0.15) is 0 Å². The highest BCUT2D eigenvalue weighted by Crippen LogP contribution is 2.36. The van der Waals surface area contributed by atoms with Gasteiger partial charge in [-0.25, -0.2) is 4.90 Å². The molecule has 1 fully saturated rings. The molecule has 2 aliphatic rings. The number of rotatable bonds is 4. The van der Waals surface area contributed by atoms with Gasteiger partial charge in [0, 0.05) is 24.7 Å². The van der Waals surface area contributed by atoms with Crippen molar-refractivity contribution in [2.45, 2.75) is 12.8 Å². The zero-order chi connectivity index (χ0) is 19.7. The Balaban J connectivity index is 1.79. The first-order valence-electron chi connectivity index (χ1n) is 9.40. The number of imide groups is 1. The average Bonchev–Trinajstić information content (AvgIpc) is 2.99. The van der Waals surface area contributed by atoms with Gasteiger partial charge in [0.15, 0.2) is 0 Å². The number of hydrogen-bond acceptors (Lipinski definition) is 4. The summed E-state index contributed by atoms with van der Waals surface area (Å²) in [7, 11) is 0. The monoisotopic (exact) mass is 396 g/mol. The van der Waals surface area contributed by atoms with E-state index in [2.05, 4.69) is 0 Å². The van der Waals surface area contributed by atoms with E-state index in [0.29, 0.717) is 35.1 Å². The van der Waals surface area contributed by atoms with Gasteiger partial charge >= 0.3 is 0 Å². The second-order valence-electron chi connectivity index (χ2n) is 7.15. The number of carbonyl (C=O) groups excluding carboxylic acids is 2. The largest absolute Gasteiger partial charge is 0.396 e. The molecular weight excluding hydrogens is 376 g/mol. The predicted molar refractivity (Wildman–Crippen MR) is 109 cm³/mol. The quantitative estimate of drug-likeness (QED) is 0.805. The zero-order valence-electron chi connectivity index (χ0n) is 15.3. The van der Waals surface area contributed by atoms with Gasteiger partial charge in [-0.3, -0.25) is 9.59 Å². The molecule has 1 atom stereocenters. The summed E-state index contributed by atoms with van der Waals surface area (Å²) in [5.41, 5.74) is 2.06. The standard InChI is InChI=1S/C22H21ClN2O3/c23-17-8-10-18(11-9-17)25-21(27)19(16-6-2-1-3-7-16)20(22(25)28)24-12-4-5-15(13-24)14-26/h1-3,6-11,15,26H,4-5,12-14H2. The summed E-state index contributed by atoms with van der Waals surface area (Å²) >= 11 is 5.97. The van der Waals surface area contributed by atoms with Crippen LogP contribution < -0.4 is 4.90 Å². The van der Waals surface area contributed by atoms with Crippen LogP contribution in [0, 0.1) is 5.92 Å². The van der Waals surface area contributed by atoms with Crippen molar-refractivity contribution in [3.63, 3.8) is 0 Å². The molecule has 6 heteroatoms. The second-order valence-corrected chi connectivity index (χ2v) is 7.59. The van der Waals surface area contributed by atoms with E-state index in [1.165, 1.54) is 4.90 Å². The lowest BCUT2D eigenvalue weighted by Crippen LogP contribution is -2.40. The summed E-state index contributed by atoms with van der Waals surface area (Å²) in [6, 6.07) is 16.0. The fourth-order valence-corrected chi connectivity index (χ4v) is 4.04. The summed E-state index contributed by atoms with van der Waals surface area (Å²) in [5.74, 6) is -0.560. The maximum Gasteiger partial charge on any atom is 0.282 e. The fourth-order valence-electron chi connectivity index (χ4n) is 3.92. The number of anilines is 1. The molecule has 0 radical (unpaired) electrons. The van der Waals surface area contributed by atoms with Crippen molar-refractivity contribution in [3.8, 4) is 0 Å². The predicted octanol–water partition coefficient (Wildman–Crippen LogP) is 3.33. The molecule has 144 valence electrons. The highest BCUT2D eigenvalue weighted by molar-refractivity contribution is 6.45. The highest BCUT2D eigenvalue weighted by atomic mass is 35.5. The van der Waals surface area contributed by atoms with Crippen LogP contribution in [0.5, 0.6) is 0 Å². The van der Waals surface area contributed by atoms with Crippen molar-refractivity contribution in [1.29, 1.82) is 0 Å². The number of benzene rings is 2. The van der Waals surface area contributed by atoms with Crippen molar-refractivity contribution >= 4 is 34.7 Å². The Kier molecular flexibility index (Phi) is 5.20. The second kappa shape index (κ2) is 7.78. The maximum absolute atomic E-state index is 13.4. The minimum absolute atomic E-state index is 0.0769. The number of nitrogens with zero attached hydrogens (tertiary/aromatic N) is 2. The Morgan fingerprint density at radius 3 is 2.39 bits per heavy atom. The minimum atomic E-state index is -0.334. The zero-order valence-corrected chi connectivity index (χ0v) is 16.1. The molecule has 4 rings (SSSR count). The van der Waals surface area contributed by atoms with Crippen molar-refractivity contribution < 1.29 is 14.7 Å². The van der Waals surface area contributed by atoms with E-state index < -0.39 is 0 Å². The third kappa shape index (κ3) is 3.32. The molecular formula is C22H21ClN2O3. The summed E-state index contributed by atoms with van der Waals surface area (Å²) in [5, 5.41) is 10.1. The van der Waals surface area contributed by atoms with Crippen LogP contribution in [0.3, 0.4) is 0 Å². The Labute approximate surface area is 168 Å².